The van der Waals surface area contributed by atoms with Crippen molar-refractivity contribution in [2.24, 2.45) is 10.7 Å². The van der Waals surface area contributed by atoms with E-state index in [1.54, 1.807) is 0 Å². The van der Waals surface area contributed by atoms with E-state index < -0.39 is 0 Å². The summed E-state index contributed by atoms with van der Waals surface area (Å²) in [6.07, 6.45) is 0. The first-order chi connectivity index (χ1) is 6.13. The molecule has 1 rings (SSSR count). The molecule has 0 aliphatic carbocycles. The molecular formula is C8H8BrClN2S. The van der Waals surface area contributed by atoms with Crippen LogP contribution in [0.15, 0.2) is 32.6 Å². The molecule has 0 atom stereocenters. The van der Waals surface area contributed by atoms with Gasteiger partial charge in [0.05, 0.1) is 11.6 Å². The van der Waals surface area contributed by atoms with Crippen LogP contribution in [-0.2, 0) is 0 Å². The molecule has 1 aromatic rings. The number of rotatable bonds is 2. The van der Waals surface area contributed by atoms with E-state index in [2.05, 4.69) is 33.6 Å². The van der Waals surface area contributed by atoms with Crippen LogP contribution < -0.4 is 5.73 Å². The van der Waals surface area contributed by atoms with Gasteiger partial charge in [-0.05, 0) is 18.2 Å². The highest BCUT2D eigenvalue weighted by Gasteiger charge is 1.98. The molecule has 0 aromatic heterocycles. The standard InChI is InChI=1S/C8H8BrClN2S/c9-5-1-2-6(7(13)3-5)12-8(11)4-10/h1-3,13H,4H2,(H2,11,12). The number of thiol groups is 1. The molecule has 1 aromatic carbocycles. The van der Waals surface area contributed by atoms with Gasteiger partial charge in [-0.2, -0.15) is 0 Å². The predicted molar refractivity (Wildman–Crippen MR) is 63.4 cm³/mol. The van der Waals surface area contributed by atoms with Crippen molar-refractivity contribution in [2.45, 2.75) is 4.90 Å². The van der Waals surface area contributed by atoms with E-state index in [1.165, 1.54) is 0 Å². The molecule has 0 aliphatic rings. The van der Waals surface area contributed by atoms with Gasteiger partial charge in [-0.15, -0.1) is 24.2 Å². The highest BCUT2D eigenvalue weighted by Crippen LogP contribution is 2.26. The van der Waals surface area contributed by atoms with Crippen molar-refractivity contribution in [3.05, 3.63) is 22.7 Å². The smallest absolute Gasteiger partial charge is 0.115 e. The van der Waals surface area contributed by atoms with Crippen LogP contribution in [-0.4, -0.2) is 11.7 Å². The van der Waals surface area contributed by atoms with Gasteiger partial charge in [0, 0.05) is 9.37 Å². The predicted octanol–water partition coefficient (Wildman–Crippen LogP) is 2.97. The number of nitrogens with two attached hydrogens (primary N) is 1. The Bertz CT molecular complexity index is 341. The zero-order valence-electron chi connectivity index (χ0n) is 6.67. The van der Waals surface area contributed by atoms with Crippen LogP contribution in [0.3, 0.4) is 0 Å². The summed E-state index contributed by atoms with van der Waals surface area (Å²) in [5.74, 6) is 0.614. The lowest BCUT2D eigenvalue weighted by molar-refractivity contribution is 1.34. The van der Waals surface area contributed by atoms with Crippen LogP contribution in [0.4, 0.5) is 5.69 Å². The average Bonchev–Trinajstić information content (AvgIpc) is 2.09. The number of aliphatic imine (C=N–C) groups is 1. The fraction of sp³-hybridized carbons (Fsp3) is 0.125. The number of hydrogen-bond acceptors (Lipinski definition) is 2. The third-order valence-corrected chi connectivity index (χ3v) is 2.46. The lowest BCUT2D eigenvalue weighted by atomic mass is 10.3. The van der Waals surface area contributed by atoms with Gasteiger partial charge in [-0.25, -0.2) is 4.99 Å². The van der Waals surface area contributed by atoms with Crippen LogP contribution in [0.5, 0.6) is 0 Å². The van der Waals surface area contributed by atoms with E-state index >= 15 is 0 Å². The van der Waals surface area contributed by atoms with Gasteiger partial charge in [0.15, 0.2) is 0 Å². The molecule has 0 amide bonds. The Kier molecular flexibility index (Phi) is 4.09. The summed E-state index contributed by atoms with van der Waals surface area (Å²) in [7, 11) is 0. The molecule has 0 fully saturated rings. The molecule has 13 heavy (non-hydrogen) atoms. The normalized spacial score (nSPS) is 11.8. The number of nitrogens with zero attached hydrogens (tertiary/aromatic N) is 1. The second kappa shape index (κ2) is 4.88. The Hall–Kier alpha value is -0.190. The van der Waals surface area contributed by atoms with Crippen LogP contribution in [0.2, 0.25) is 0 Å². The largest absolute Gasteiger partial charge is 0.386 e. The molecule has 2 nitrogen and oxygen atoms in total. The van der Waals surface area contributed by atoms with Gasteiger partial charge >= 0.3 is 0 Å². The number of benzene rings is 1. The number of hydrogen-bond donors (Lipinski definition) is 2. The molecule has 0 bridgehead atoms. The monoisotopic (exact) mass is 278 g/mol. The zero-order chi connectivity index (χ0) is 9.84. The minimum Gasteiger partial charge on any atom is -0.386 e. The maximum absolute atomic E-state index is 5.50. The van der Waals surface area contributed by atoms with Gasteiger partial charge in [0.1, 0.15) is 5.84 Å². The second-order valence-corrected chi connectivity index (χ2v) is 4.03. The molecule has 0 aliphatic heterocycles. The number of halogens is 2. The Morgan fingerprint density at radius 3 is 2.85 bits per heavy atom. The molecule has 0 radical (unpaired) electrons. The zero-order valence-corrected chi connectivity index (χ0v) is 9.90. The molecule has 70 valence electrons. The van der Waals surface area contributed by atoms with Gasteiger partial charge in [0.25, 0.3) is 0 Å². The second-order valence-electron chi connectivity index (χ2n) is 2.37. The highest BCUT2D eigenvalue weighted by atomic mass is 79.9. The highest BCUT2D eigenvalue weighted by molar-refractivity contribution is 9.10. The van der Waals surface area contributed by atoms with Crippen molar-refractivity contribution in [3.8, 4) is 0 Å². The maximum Gasteiger partial charge on any atom is 0.115 e. The third kappa shape index (κ3) is 3.21. The summed E-state index contributed by atoms with van der Waals surface area (Å²) in [6, 6.07) is 5.55. The Balaban J connectivity index is 3.03. The van der Waals surface area contributed by atoms with Gasteiger partial charge in [-0.1, -0.05) is 15.9 Å². The van der Waals surface area contributed by atoms with Crippen molar-refractivity contribution < 1.29 is 0 Å². The minimum absolute atomic E-state index is 0.225. The number of amidine groups is 1. The van der Waals surface area contributed by atoms with Crippen molar-refractivity contribution in [3.63, 3.8) is 0 Å². The third-order valence-electron chi connectivity index (χ3n) is 1.34. The van der Waals surface area contributed by atoms with Gasteiger partial charge in [0.2, 0.25) is 0 Å². The summed E-state index contributed by atoms with van der Waals surface area (Å²) < 4.78 is 0.959. The number of alkyl halides is 1. The maximum atomic E-state index is 5.50. The minimum atomic E-state index is 0.225. The van der Waals surface area contributed by atoms with Crippen LogP contribution in [0.1, 0.15) is 0 Å². The van der Waals surface area contributed by atoms with Crippen LogP contribution >= 0.6 is 40.2 Å². The van der Waals surface area contributed by atoms with E-state index in [0.29, 0.717) is 5.84 Å². The molecular weight excluding hydrogens is 272 g/mol. The van der Waals surface area contributed by atoms with E-state index in [1.807, 2.05) is 18.2 Å². The summed E-state index contributed by atoms with van der Waals surface area (Å²) in [5.41, 5.74) is 6.21. The Labute approximate surface area is 95.7 Å². The SMILES string of the molecule is NC(CCl)=Nc1ccc(Br)cc1S. The molecule has 0 spiro atoms. The molecule has 2 N–H and O–H groups in total. The van der Waals surface area contributed by atoms with E-state index in [-0.39, 0.29) is 5.88 Å². The molecule has 5 heteroatoms. The van der Waals surface area contributed by atoms with Crippen molar-refractivity contribution in [1.29, 1.82) is 0 Å². The Morgan fingerprint density at radius 2 is 2.31 bits per heavy atom. The van der Waals surface area contributed by atoms with Crippen molar-refractivity contribution in [1.82, 2.24) is 0 Å². The molecule has 0 saturated carbocycles. The summed E-state index contributed by atoms with van der Waals surface area (Å²) in [6.45, 7) is 0. The van der Waals surface area contributed by atoms with Gasteiger partial charge < -0.3 is 5.73 Å². The van der Waals surface area contributed by atoms with Crippen molar-refractivity contribution >= 4 is 51.7 Å². The van der Waals surface area contributed by atoms with Crippen molar-refractivity contribution in [2.75, 3.05) is 5.88 Å². The topological polar surface area (TPSA) is 38.4 Å². The van der Waals surface area contributed by atoms with E-state index in [4.69, 9.17) is 17.3 Å². The first-order valence-electron chi connectivity index (χ1n) is 3.51. The van der Waals surface area contributed by atoms with Crippen LogP contribution in [0.25, 0.3) is 0 Å². The average molecular weight is 280 g/mol. The van der Waals surface area contributed by atoms with Gasteiger partial charge in [-0.3, -0.25) is 0 Å². The van der Waals surface area contributed by atoms with E-state index in [9.17, 15) is 0 Å². The first kappa shape index (κ1) is 10.9. The fourth-order valence-corrected chi connectivity index (χ4v) is 1.64. The lowest BCUT2D eigenvalue weighted by Gasteiger charge is -2.00. The molecule has 0 heterocycles. The van der Waals surface area contributed by atoms with E-state index in [0.717, 1.165) is 15.1 Å². The lowest BCUT2D eigenvalue weighted by Crippen LogP contribution is -2.12. The molecule has 0 saturated heterocycles. The summed E-state index contributed by atoms with van der Waals surface area (Å²) in [4.78, 5) is 4.85. The molecule has 0 unspecified atom stereocenters. The van der Waals surface area contributed by atoms with Crippen LogP contribution in [0, 0.1) is 0 Å². The summed E-state index contributed by atoms with van der Waals surface area (Å²) >= 11 is 13.1. The fourth-order valence-electron chi connectivity index (χ4n) is 0.776. The Morgan fingerprint density at radius 1 is 1.62 bits per heavy atom. The summed E-state index contributed by atoms with van der Waals surface area (Å²) in [5, 5.41) is 0. The first-order valence-corrected chi connectivity index (χ1v) is 5.28. The quantitative estimate of drug-likeness (QED) is 0.371.